The molecule has 0 unspecified atom stereocenters. The van der Waals surface area contributed by atoms with Crippen LogP contribution >= 0.6 is 0 Å². The van der Waals surface area contributed by atoms with Gasteiger partial charge in [0.25, 0.3) is 0 Å². The van der Waals surface area contributed by atoms with Crippen LogP contribution in [0.5, 0.6) is 0 Å². The summed E-state index contributed by atoms with van der Waals surface area (Å²) in [5.41, 5.74) is 26.4. The van der Waals surface area contributed by atoms with Gasteiger partial charge in [0.05, 0.1) is 24.2 Å². The predicted molar refractivity (Wildman–Crippen MR) is 389 cm³/mol. The van der Waals surface area contributed by atoms with Crippen molar-refractivity contribution in [1.29, 1.82) is 0 Å². The van der Waals surface area contributed by atoms with Gasteiger partial charge in [0, 0.05) is 117 Å². The third-order valence-corrected chi connectivity index (χ3v) is 17.0. The molecule has 0 aliphatic carbocycles. The molecule has 4 rings (SSSR count). The van der Waals surface area contributed by atoms with Gasteiger partial charge in [0.15, 0.2) is 0 Å². The molecule has 0 spiro atoms. The fourth-order valence-corrected chi connectivity index (χ4v) is 11.1. The van der Waals surface area contributed by atoms with Gasteiger partial charge in [-0.3, -0.25) is 4.79 Å². The number of unbranched alkanes of at least 4 members (excludes halogenated alkanes) is 3. The first-order valence-electron chi connectivity index (χ1n) is 35.2. The minimum Gasteiger partial charge on any atom is -0.370 e. The van der Waals surface area contributed by atoms with Gasteiger partial charge in [-0.2, -0.15) is 0 Å². The number of urea groups is 8. The Morgan fingerprint density at radius 3 is 0.990 bits per heavy atom. The number of carbonyl (C=O) groups is 9. The summed E-state index contributed by atoms with van der Waals surface area (Å²) in [5.74, 6) is -0.542. The average Bonchev–Trinajstić information content (AvgIpc) is 1.73. The Labute approximate surface area is 583 Å². The highest BCUT2D eigenvalue weighted by atomic mass is 16.2. The van der Waals surface area contributed by atoms with Gasteiger partial charge in [-0.1, -0.05) is 97.2 Å². The highest BCUT2D eigenvalue weighted by Crippen LogP contribution is 2.21. The third-order valence-electron chi connectivity index (χ3n) is 17.0. The highest BCUT2D eigenvalue weighted by molar-refractivity contribution is 5.85. The Morgan fingerprint density at radius 2 is 0.657 bits per heavy atom. The van der Waals surface area contributed by atoms with Gasteiger partial charge in [-0.05, 0) is 132 Å². The first kappa shape index (κ1) is 82.5. The minimum absolute atomic E-state index is 0.0128. The summed E-state index contributed by atoms with van der Waals surface area (Å²) < 4.78 is 0. The maximum Gasteiger partial charge on any atom is 0.315 e. The lowest BCUT2D eigenvalue weighted by Gasteiger charge is -2.26. The number of fused-ring (bicyclic) bond motifs is 2. The largest absolute Gasteiger partial charge is 0.370 e. The molecular formula is C68H118N22O9. The number of nitrogens with two attached hydrogens (primary N) is 4. The lowest BCUT2D eigenvalue weighted by molar-refractivity contribution is -0.118. The first-order valence-corrected chi connectivity index (χ1v) is 35.2. The molecule has 99 heavy (non-hydrogen) atoms. The normalized spacial score (nSPS) is 13.8. The van der Waals surface area contributed by atoms with Crippen LogP contribution in [0.1, 0.15) is 137 Å². The van der Waals surface area contributed by atoms with Crippen LogP contribution in [0.15, 0.2) is 60.9 Å². The molecule has 4 aromatic rings. The molecule has 31 heteroatoms. The number of H-pyrrole nitrogens is 2. The first-order chi connectivity index (χ1) is 47.4. The zero-order chi connectivity index (χ0) is 72.7. The van der Waals surface area contributed by atoms with Crippen LogP contribution < -0.4 is 108 Å². The molecule has 0 aliphatic rings. The number of amides is 17. The van der Waals surface area contributed by atoms with E-state index in [1.54, 1.807) is 0 Å². The minimum atomic E-state index is -0.620. The van der Waals surface area contributed by atoms with Gasteiger partial charge in [0.1, 0.15) is 0 Å². The number of nitrogens with one attached hydrogen (secondary N) is 18. The summed E-state index contributed by atoms with van der Waals surface area (Å²) in [5, 5.41) is 48.7. The van der Waals surface area contributed by atoms with Crippen molar-refractivity contribution in [3.05, 3.63) is 72.1 Å². The van der Waals surface area contributed by atoms with E-state index in [4.69, 9.17) is 22.9 Å². The standard InChI is InChI=1S/C68H118N22O9/c1-42(2)55(26-27-60(72)91)88-66(97)77-37-50(21-15-18-30-71)83-61(92)78-38-51(31-46-33-73-56-24-11-9-22-53(46)56)86-62(93)75-35-48(19-13-16-28-69)84-64(95)80-40-58(43(3)4)89-67(98)79-39-52(32-47-34-74-57-25-12-10-23-54(47)57)87-63(94)76-36-49(20-14-17-29-70)85-65(96)81-41-59(44(5)6)90-68(99)82-45(7)8/h9-12,22-25,33-34,42-45,48-52,55,58-59,73-74H,13-21,26-32,35-41,69-71H2,1-8H3,(H2,72,91)(H2,75,86,93)(H2,76,87,94)(H2,77,88,97)(H2,78,83,92)(H2,79,89,98)(H2,80,84,95)(H2,81,85,96)(H2,82,90,99)/t48-,49-,50-,51-,52-,55+,58+,59+/m0/s1. The molecule has 0 bridgehead atoms. The fourth-order valence-electron chi connectivity index (χ4n) is 11.1. The van der Waals surface area contributed by atoms with Crippen molar-refractivity contribution in [2.24, 2.45) is 40.7 Å². The molecule has 0 radical (unpaired) electrons. The summed E-state index contributed by atoms with van der Waals surface area (Å²) in [6.45, 7) is 17.1. The second-order valence-electron chi connectivity index (χ2n) is 26.8. The highest BCUT2D eigenvalue weighted by Gasteiger charge is 2.26. The summed E-state index contributed by atoms with van der Waals surface area (Å²) in [6.07, 6.45) is 10.6. The summed E-state index contributed by atoms with van der Waals surface area (Å²) in [4.78, 5) is 126. The van der Waals surface area contributed by atoms with Crippen molar-refractivity contribution in [3.63, 3.8) is 0 Å². The van der Waals surface area contributed by atoms with Gasteiger partial charge in [-0.15, -0.1) is 0 Å². The van der Waals surface area contributed by atoms with E-state index in [2.05, 4.69) is 95.0 Å². The molecule has 2 aromatic carbocycles. The van der Waals surface area contributed by atoms with Crippen molar-refractivity contribution < 1.29 is 43.2 Å². The molecule has 2 aromatic heterocycles. The predicted octanol–water partition coefficient (Wildman–Crippen LogP) is 3.81. The molecule has 8 atom stereocenters. The number of aromatic nitrogens is 2. The number of hydrogen-bond donors (Lipinski definition) is 22. The molecule has 0 saturated heterocycles. The number of para-hydroxylation sites is 2. The van der Waals surface area contributed by atoms with Crippen LogP contribution in [0.2, 0.25) is 0 Å². The Balaban J connectivity index is 1.37. The number of benzene rings is 2. The monoisotopic (exact) mass is 1390 g/mol. The molecule has 17 amide bonds. The van der Waals surface area contributed by atoms with E-state index >= 15 is 0 Å². The maximum absolute atomic E-state index is 13.9. The third kappa shape index (κ3) is 33.4. The van der Waals surface area contributed by atoms with E-state index in [0.29, 0.717) is 96.7 Å². The lowest BCUT2D eigenvalue weighted by atomic mass is 9.99. The maximum atomic E-state index is 13.9. The van der Waals surface area contributed by atoms with Crippen molar-refractivity contribution in [1.82, 2.24) is 95.0 Å². The molecule has 554 valence electrons. The van der Waals surface area contributed by atoms with Crippen molar-refractivity contribution in [3.8, 4) is 0 Å². The number of aromatic amines is 2. The van der Waals surface area contributed by atoms with Crippen LogP contribution in [0.4, 0.5) is 38.4 Å². The van der Waals surface area contributed by atoms with E-state index in [0.717, 1.165) is 32.9 Å². The average molecular weight is 1390 g/mol. The molecule has 31 nitrogen and oxygen atoms in total. The van der Waals surface area contributed by atoms with E-state index in [1.165, 1.54) is 0 Å². The number of rotatable bonds is 45. The van der Waals surface area contributed by atoms with Gasteiger partial charge < -0.3 is 118 Å². The Morgan fingerprint density at radius 1 is 0.354 bits per heavy atom. The Bertz CT molecular complexity index is 3090. The fraction of sp³-hybridized carbons (Fsp3) is 0.632. The van der Waals surface area contributed by atoms with Crippen molar-refractivity contribution >= 4 is 76.0 Å². The van der Waals surface area contributed by atoms with Crippen LogP contribution in [-0.4, -0.2) is 184 Å². The van der Waals surface area contributed by atoms with Crippen LogP contribution in [0.3, 0.4) is 0 Å². The second kappa shape index (κ2) is 45.6. The molecule has 2 heterocycles. The van der Waals surface area contributed by atoms with Crippen molar-refractivity contribution in [2.45, 2.75) is 193 Å². The smallest absolute Gasteiger partial charge is 0.315 e. The summed E-state index contributed by atoms with van der Waals surface area (Å²) in [6, 6.07) is 7.68. The lowest BCUT2D eigenvalue weighted by Crippen LogP contribution is -2.56. The molecular weight excluding hydrogens is 1270 g/mol. The Hall–Kier alpha value is -8.97. The van der Waals surface area contributed by atoms with E-state index in [-0.39, 0.29) is 94.1 Å². The van der Waals surface area contributed by atoms with Gasteiger partial charge in [0.2, 0.25) is 5.91 Å². The number of hydrogen-bond acceptors (Lipinski definition) is 12. The van der Waals surface area contributed by atoms with E-state index < -0.39 is 84.4 Å². The van der Waals surface area contributed by atoms with Crippen LogP contribution in [-0.2, 0) is 17.6 Å². The van der Waals surface area contributed by atoms with E-state index in [9.17, 15) is 43.2 Å². The molecule has 26 N–H and O–H groups in total. The van der Waals surface area contributed by atoms with Crippen LogP contribution in [0.25, 0.3) is 21.8 Å². The van der Waals surface area contributed by atoms with Crippen LogP contribution in [0, 0.1) is 17.8 Å². The SMILES string of the molecule is CC(C)NC(=O)N[C@H](CNC(=O)N[C@@H](CCCCN)CNC(=O)N[C@H](CNC(=O)N[C@H](CNC(=O)N[C@@H](CCCCN)CNC(=O)N[C@H](CNC(=O)N[C@@H](CCCCN)CNC(=O)N[C@H](CCC(N)=O)C(C)C)Cc1c[nH]c2ccccc12)C(C)C)Cc1c[nH]c2ccccc12)C(C)C. The number of carbonyl (C=O) groups excluding carboxylic acids is 9. The summed E-state index contributed by atoms with van der Waals surface area (Å²) >= 11 is 0. The van der Waals surface area contributed by atoms with Crippen molar-refractivity contribution in [2.75, 3.05) is 65.4 Å². The quantitative estimate of drug-likeness (QED) is 0.0281. The Kier molecular flexibility index (Phi) is 38.0. The molecule has 0 fully saturated rings. The zero-order valence-corrected chi connectivity index (χ0v) is 59.4. The topological polar surface area (TPSA) is 482 Å². The van der Waals surface area contributed by atoms with E-state index in [1.807, 2.05) is 116 Å². The number of primary amides is 1. The zero-order valence-electron chi connectivity index (χ0n) is 59.4. The summed E-state index contributed by atoms with van der Waals surface area (Å²) in [7, 11) is 0. The second-order valence-corrected chi connectivity index (χ2v) is 26.8. The van der Waals surface area contributed by atoms with Gasteiger partial charge in [-0.25, -0.2) is 38.4 Å². The molecule has 0 aliphatic heterocycles. The molecule has 0 saturated carbocycles. The van der Waals surface area contributed by atoms with Gasteiger partial charge >= 0.3 is 48.2 Å².